The zero-order valence-corrected chi connectivity index (χ0v) is 9.46. The molecule has 3 heteroatoms. The van der Waals surface area contributed by atoms with Crippen molar-refractivity contribution in [1.82, 2.24) is 10.2 Å². The van der Waals surface area contributed by atoms with E-state index in [9.17, 15) is 4.79 Å². The fourth-order valence-corrected chi connectivity index (χ4v) is 1.92. The summed E-state index contributed by atoms with van der Waals surface area (Å²) in [6.45, 7) is 5.65. The number of nitrogens with one attached hydrogen (secondary N) is 1. The van der Waals surface area contributed by atoms with E-state index in [0.717, 1.165) is 32.6 Å². The van der Waals surface area contributed by atoms with Gasteiger partial charge in [-0.3, -0.25) is 4.79 Å². The third-order valence-corrected chi connectivity index (χ3v) is 2.92. The van der Waals surface area contributed by atoms with Gasteiger partial charge in [-0.1, -0.05) is 0 Å². The van der Waals surface area contributed by atoms with Crippen molar-refractivity contribution >= 4 is 5.91 Å². The van der Waals surface area contributed by atoms with Crippen LogP contribution >= 0.6 is 0 Å². The Kier molecular flexibility index (Phi) is 5.20. The summed E-state index contributed by atoms with van der Waals surface area (Å²) in [5.74, 6) is 3.39. The highest BCUT2D eigenvalue weighted by Gasteiger charge is 2.18. The van der Waals surface area contributed by atoms with Crippen molar-refractivity contribution < 1.29 is 4.79 Å². The first-order chi connectivity index (χ1) is 7.22. The molecule has 0 atom stereocenters. The zero-order chi connectivity index (χ0) is 11.1. The molecule has 3 nitrogen and oxygen atoms in total. The molecule has 1 saturated heterocycles. The van der Waals surface area contributed by atoms with E-state index < -0.39 is 0 Å². The molecule has 0 spiro atoms. The van der Waals surface area contributed by atoms with Gasteiger partial charge in [0, 0.05) is 26.4 Å². The first kappa shape index (κ1) is 12.1. The van der Waals surface area contributed by atoms with Crippen LogP contribution in [-0.4, -0.2) is 37.0 Å². The number of rotatable bonds is 4. The summed E-state index contributed by atoms with van der Waals surface area (Å²) in [6, 6.07) is 0. The number of hydrogen-bond donors (Lipinski definition) is 1. The maximum atomic E-state index is 10.7. The number of terminal acetylenes is 1. The van der Waals surface area contributed by atoms with Gasteiger partial charge >= 0.3 is 0 Å². The van der Waals surface area contributed by atoms with E-state index >= 15 is 0 Å². The number of piperidine rings is 1. The van der Waals surface area contributed by atoms with E-state index in [0.29, 0.717) is 5.92 Å². The SMILES string of the molecule is C#CCCN1CCC(CNC(C)=O)CC1. The fourth-order valence-electron chi connectivity index (χ4n) is 1.92. The van der Waals surface area contributed by atoms with Gasteiger partial charge in [0.2, 0.25) is 5.91 Å². The van der Waals surface area contributed by atoms with Crippen LogP contribution in [0.3, 0.4) is 0 Å². The van der Waals surface area contributed by atoms with E-state index in [1.807, 2.05) is 0 Å². The second-order valence-electron chi connectivity index (χ2n) is 4.18. The number of hydrogen-bond acceptors (Lipinski definition) is 2. The normalized spacial score (nSPS) is 18.4. The topological polar surface area (TPSA) is 32.3 Å². The van der Waals surface area contributed by atoms with Crippen molar-refractivity contribution in [2.24, 2.45) is 5.92 Å². The lowest BCUT2D eigenvalue weighted by Crippen LogP contribution is -2.38. The Balaban J connectivity index is 2.13. The maximum Gasteiger partial charge on any atom is 0.216 e. The molecule has 0 saturated carbocycles. The molecule has 1 amide bonds. The second kappa shape index (κ2) is 6.47. The van der Waals surface area contributed by atoms with Crippen LogP contribution in [0.1, 0.15) is 26.2 Å². The van der Waals surface area contributed by atoms with Gasteiger partial charge in [0.25, 0.3) is 0 Å². The molecule has 0 aromatic rings. The molecule has 0 bridgehead atoms. The number of amides is 1. The molecule has 0 aromatic heterocycles. The van der Waals surface area contributed by atoms with E-state index in [1.165, 1.54) is 12.8 Å². The van der Waals surface area contributed by atoms with Gasteiger partial charge in [-0.25, -0.2) is 0 Å². The maximum absolute atomic E-state index is 10.7. The van der Waals surface area contributed by atoms with Gasteiger partial charge in [-0.05, 0) is 31.8 Å². The van der Waals surface area contributed by atoms with Crippen LogP contribution in [-0.2, 0) is 4.79 Å². The first-order valence-corrected chi connectivity index (χ1v) is 5.62. The van der Waals surface area contributed by atoms with Crippen molar-refractivity contribution in [2.75, 3.05) is 26.2 Å². The van der Waals surface area contributed by atoms with Gasteiger partial charge in [-0.15, -0.1) is 12.3 Å². The van der Waals surface area contributed by atoms with Gasteiger partial charge in [-0.2, -0.15) is 0 Å². The Labute approximate surface area is 92.2 Å². The van der Waals surface area contributed by atoms with Crippen LogP contribution in [0, 0.1) is 18.3 Å². The lowest BCUT2D eigenvalue weighted by Gasteiger charge is -2.31. The Morgan fingerprint density at radius 2 is 2.20 bits per heavy atom. The van der Waals surface area contributed by atoms with Gasteiger partial charge < -0.3 is 10.2 Å². The molecule has 84 valence electrons. The van der Waals surface area contributed by atoms with E-state index in [2.05, 4.69) is 16.1 Å². The number of likely N-dealkylation sites (tertiary alicyclic amines) is 1. The van der Waals surface area contributed by atoms with Crippen molar-refractivity contribution in [1.29, 1.82) is 0 Å². The van der Waals surface area contributed by atoms with Crippen LogP contribution in [0.5, 0.6) is 0 Å². The van der Waals surface area contributed by atoms with Gasteiger partial charge in [0.1, 0.15) is 0 Å². The van der Waals surface area contributed by atoms with E-state index in [4.69, 9.17) is 6.42 Å². The number of carbonyl (C=O) groups excluding carboxylic acids is 1. The highest BCUT2D eigenvalue weighted by Crippen LogP contribution is 2.16. The fraction of sp³-hybridized carbons (Fsp3) is 0.750. The van der Waals surface area contributed by atoms with E-state index in [-0.39, 0.29) is 5.91 Å². The highest BCUT2D eigenvalue weighted by molar-refractivity contribution is 5.72. The van der Waals surface area contributed by atoms with Crippen molar-refractivity contribution in [3.05, 3.63) is 0 Å². The van der Waals surface area contributed by atoms with Gasteiger partial charge in [0.05, 0.1) is 0 Å². The molecule has 1 N–H and O–H groups in total. The number of nitrogens with zero attached hydrogens (tertiary/aromatic N) is 1. The molecular formula is C12H20N2O. The number of carbonyl (C=O) groups is 1. The summed E-state index contributed by atoms with van der Waals surface area (Å²) < 4.78 is 0. The lowest BCUT2D eigenvalue weighted by atomic mass is 9.96. The third-order valence-electron chi connectivity index (χ3n) is 2.92. The predicted octanol–water partition coefficient (Wildman–Crippen LogP) is 0.858. The molecule has 1 aliphatic rings. The molecule has 1 heterocycles. The smallest absolute Gasteiger partial charge is 0.216 e. The summed E-state index contributed by atoms with van der Waals surface area (Å²) in [4.78, 5) is 13.2. The highest BCUT2D eigenvalue weighted by atomic mass is 16.1. The minimum Gasteiger partial charge on any atom is -0.356 e. The molecule has 1 fully saturated rings. The van der Waals surface area contributed by atoms with Crippen LogP contribution in [0.2, 0.25) is 0 Å². The van der Waals surface area contributed by atoms with Gasteiger partial charge in [0.15, 0.2) is 0 Å². The molecule has 0 aromatic carbocycles. The molecule has 0 radical (unpaired) electrons. The summed E-state index contributed by atoms with van der Waals surface area (Å²) in [7, 11) is 0. The average molecular weight is 208 g/mol. The largest absolute Gasteiger partial charge is 0.356 e. The Bertz CT molecular complexity index is 236. The average Bonchev–Trinajstić information content (AvgIpc) is 2.25. The summed E-state index contributed by atoms with van der Waals surface area (Å²) >= 11 is 0. The molecular weight excluding hydrogens is 188 g/mol. The van der Waals surface area contributed by atoms with Crippen molar-refractivity contribution in [2.45, 2.75) is 26.2 Å². The minimum atomic E-state index is 0.0739. The Morgan fingerprint density at radius 1 is 1.53 bits per heavy atom. The third kappa shape index (κ3) is 4.85. The lowest BCUT2D eigenvalue weighted by molar-refractivity contribution is -0.119. The summed E-state index contributed by atoms with van der Waals surface area (Å²) in [5.41, 5.74) is 0. The Morgan fingerprint density at radius 3 is 2.73 bits per heavy atom. The van der Waals surface area contributed by atoms with Crippen LogP contribution in [0.4, 0.5) is 0 Å². The molecule has 1 aliphatic heterocycles. The molecule has 0 aliphatic carbocycles. The van der Waals surface area contributed by atoms with E-state index in [1.54, 1.807) is 6.92 Å². The quantitative estimate of drug-likeness (QED) is 0.695. The minimum absolute atomic E-state index is 0.0739. The van der Waals surface area contributed by atoms with Crippen molar-refractivity contribution in [3.8, 4) is 12.3 Å². The summed E-state index contributed by atoms with van der Waals surface area (Å²) in [6.07, 6.45) is 8.42. The van der Waals surface area contributed by atoms with Crippen LogP contribution in [0.25, 0.3) is 0 Å². The Hall–Kier alpha value is -1.01. The molecule has 0 unspecified atom stereocenters. The van der Waals surface area contributed by atoms with Crippen LogP contribution in [0.15, 0.2) is 0 Å². The standard InChI is InChI=1S/C12H20N2O/c1-3-4-7-14-8-5-12(6-9-14)10-13-11(2)15/h1,12H,4-10H2,2H3,(H,13,15). The van der Waals surface area contributed by atoms with Crippen LogP contribution < -0.4 is 5.32 Å². The monoisotopic (exact) mass is 208 g/mol. The second-order valence-corrected chi connectivity index (χ2v) is 4.18. The first-order valence-electron chi connectivity index (χ1n) is 5.62. The molecule has 15 heavy (non-hydrogen) atoms. The van der Waals surface area contributed by atoms with Crippen molar-refractivity contribution in [3.63, 3.8) is 0 Å². The zero-order valence-electron chi connectivity index (χ0n) is 9.46. The summed E-state index contributed by atoms with van der Waals surface area (Å²) in [5, 5.41) is 2.88. The predicted molar refractivity (Wildman–Crippen MR) is 61.3 cm³/mol. The molecule has 1 rings (SSSR count).